The second-order valence-electron chi connectivity index (χ2n) is 5.22. The first-order valence-corrected chi connectivity index (χ1v) is 7.21. The van der Waals surface area contributed by atoms with Crippen LogP contribution in [-0.4, -0.2) is 28.1 Å². The van der Waals surface area contributed by atoms with E-state index in [1.165, 1.54) is 0 Å². The van der Waals surface area contributed by atoms with E-state index in [0.717, 1.165) is 24.1 Å². The SMILES string of the molecule is CCCc1[nH]nc(C(=O)N(C)C(C)c2ccccc2)c1N. The molecule has 0 aliphatic rings. The Morgan fingerprint density at radius 1 is 1.38 bits per heavy atom. The minimum atomic E-state index is -0.164. The van der Waals surface area contributed by atoms with Crippen molar-refractivity contribution >= 4 is 11.6 Å². The van der Waals surface area contributed by atoms with E-state index < -0.39 is 0 Å². The molecule has 1 heterocycles. The fraction of sp³-hybridized carbons (Fsp3) is 0.375. The van der Waals surface area contributed by atoms with Gasteiger partial charge in [0.1, 0.15) is 0 Å². The Morgan fingerprint density at radius 3 is 2.67 bits per heavy atom. The molecule has 0 bridgehead atoms. The lowest BCUT2D eigenvalue weighted by Gasteiger charge is -2.24. The van der Waals surface area contributed by atoms with Gasteiger partial charge in [0.05, 0.1) is 17.4 Å². The lowest BCUT2D eigenvalue weighted by atomic mass is 10.1. The third kappa shape index (κ3) is 3.07. The fourth-order valence-electron chi connectivity index (χ4n) is 2.29. The highest BCUT2D eigenvalue weighted by Crippen LogP contribution is 2.23. The first-order valence-electron chi connectivity index (χ1n) is 7.21. The normalized spacial score (nSPS) is 12.1. The van der Waals surface area contributed by atoms with Crippen molar-refractivity contribution in [2.45, 2.75) is 32.7 Å². The third-order valence-corrected chi connectivity index (χ3v) is 3.77. The van der Waals surface area contributed by atoms with Gasteiger partial charge in [-0.15, -0.1) is 0 Å². The van der Waals surface area contributed by atoms with Crippen molar-refractivity contribution in [1.82, 2.24) is 15.1 Å². The van der Waals surface area contributed by atoms with Crippen LogP contribution in [0.5, 0.6) is 0 Å². The van der Waals surface area contributed by atoms with Crippen LogP contribution in [0.3, 0.4) is 0 Å². The lowest BCUT2D eigenvalue weighted by molar-refractivity contribution is 0.0737. The van der Waals surface area contributed by atoms with Gasteiger partial charge < -0.3 is 10.6 Å². The number of rotatable bonds is 5. The zero-order valence-electron chi connectivity index (χ0n) is 12.8. The summed E-state index contributed by atoms with van der Waals surface area (Å²) >= 11 is 0. The number of carbonyl (C=O) groups excluding carboxylic acids is 1. The summed E-state index contributed by atoms with van der Waals surface area (Å²) in [5.74, 6) is -0.164. The number of aromatic nitrogens is 2. The highest BCUT2D eigenvalue weighted by atomic mass is 16.2. The number of aryl methyl sites for hydroxylation is 1. The monoisotopic (exact) mass is 286 g/mol. The molecule has 0 saturated carbocycles. The van der Waals surface area contributed by atoms with E-state index in [1.54, 1.807) is 11.9 Å². The van der Waals surface area contributed by atoms with Gasteiger partial charge in [-0.25, -0.2) is 0 Å². The molecular weight excluding hydrogens is 264 g/mol. The first-order chi connectivity index (χ1) is 10.1. The number of nitrogens with zero attached hydrogens (tertiary/aromatic N) is 2. The van der Waals surface area contributed by atoms with Gasteiger partial charge in [0.25, 0.3) is 5.91 Å². The van der Waals surface area contributed by atoms with Crippen molar-refractivity contribution in [1.29, 1.82) is 0 Å². The highest BCUT2D eigenvalue weighted by molar-refractivity contribution is 5.97. The van der Waals surface area contributed by atoms with Crippen molar-refractivity contribution in [3.63, 3.8) is 0 Å². The van der Waals surface area contributed by atoms with Gasteiger partial charge in [0.15, 0.2) is 5.69 Å². The summed E-state index contributed by atoms with van der Waals surface area (Å²) in [6.45, 7) is 4.05. The number of nitrogen functional groups attached to an aromatic ring is 1. The third-order valence-electron chi connectivity index (χ3n) is 3.77. The number of carbonyl (C=O) groups is 1. The molecule has 112 valence electrons. The van der Waals surface area contributed by atoms with E-state index in [-0.39, 0.29) is 11.9 Å². The zero-order chi connectivity index (χ0) is 15.4. The van der Waals surface area contributed by atoms with Crippen LogP contribution in [0.1, 0.15) is 48.1 Å². The Balaban J connectivity index is 2.19. The molecule has 5 nitrogen and oxygen atoms in total. The molecule has 1 aromatic carbocycles. The van der Waals surface area contributed by atoms with Crippen molar-refractivity contribution in [3.8, 4) is 0 Å². The molecule has 1 unspecified atom stereocenters. The summed E-state index contributed by atoms with van der Waals surface area (Å²) in [6, 6.07) is 9.86. The maximum absolute atomic E-state index is 12.6. The van der Waals surface area contributed by atoms with Crippen LogP contribution in [0.15, 0.2) is 30.3 Å². The average Bonchev–Trinajstić information content (AvgIpc) is 2.87. The molecule has 1 aromatic heterocycles. The van der Waals surface area contributed by atoms with Crippen LogP contribution >= 0.6 is 0 Å². The van der Waals surface area contributed by atoms with Crippen LogP contribution in [0.4, 0.5) is 5.69 Å². The lowest BCUT2D eigenvalue weighted by Crippen LogP contribution is -2.30. The molecule has 0 aliphatic heterocycles. The van der Waals surface area contributed by atoms with Crippen LogP contribution in [0.25, 0.3) is 0 Å². The molecule has 0 radical (unpaired) electrons. The molecule has 0 aliphatic carbocycles. The Kier molecular flexibility index (Phi) is 4.62. The predicted molar refractivity (Wildman–Crippen MR) is 83.9 cm³/mol. The minimum absolute atomic E-state index is 0.0376. The van der Waals surface area contributed by atoms with E-state index in [1.807, 2.05) is 37.3 Å². The van der Waals surface area contributed by atoms with Gasteiger partial charge >= 0.3 is 0 Å². The molecule has 2 rings (SSSR count). The summed E-state index contributed by atoms with van der Waals surface area (Å²) in [6.07, 6.45) is 1.75. The minimum Gasteiger partial charge on any atom is -0.395 e. The van der Waals surface area contributed by atoms with Crippen LogP contribution < -0.4 is 5.73 Å². The van der Waals surface area contributed by atoms with Gasteiger partial charge in [-0.05, 0) is 18.9 Å². The average molecular weight is 286 g/mol. The highest BCUT2D eigenvalue weighted by Gasteiger charge is 2.24. The maximum Gasteiger partial charge on any atom is 0.276 e. The number of anilines is 1. The Hall–Kier alpha value is -2.30. The molecule has 1 atom stereocenters. The Labute approximate surface area is 125 Å². The molecule has 0 spiro atoms. The smallest absolute Gasteiger partial charge is 0.276 e. The van der Waals surface area contributed by atoms with E-state index in [0.29, 0.717) is 11.4 Å². The summed E-state index contributed by atoms with van der Waals surface area (Å²) in [4.78, 5) is 14.2. The van der Waals surface area contributed by atoms with Gasteiger partial charge in [-0.1, -0.05) is 43.7 Å². The van der Waals surface area contributed by atoms with Crippen LogP contribution in [0, 0.1) is 0 Å². The summed E-state index contributed by atoms with van der Waals surface area (Å²) in [7, 11) is 1.77. The van der Waals surface area contributed by atoms with Crippen molar-refractivity contribution in [3.05, 3.63) is 47.3 Å². The molecule has 1 amide bonds. The van der Waals surface area contributed by atoms with E-state index in [9.17, 15) is 4.79 Å². The van der Waals surface area contributed by atoms with Crippen molar-refractivity contribution in [2.75, 3.05) is 12.8 Å². The number of benzene rings is 1. The number of H-pyrrole nitrogens is 1. The van der Waals surface area contributed by atoms with Crippen molar-refractivity contribution in [2.24, 2.45) is 0 Å². The maximum atomic E-state index is 12.6. The molecule has 2 aromatic rings. The number of nitrogens with one attached hydrogen (secondary N) is 1. The van der Waals surface area contributed by atoms with Crippen LogP contribution in [-0.2, 0) is 6.42 Å². The van der Waals surface area contributed by atoms with Crippen LogP contribution in [0.2, 0.25) is 0 Å². The number of nitrogens with two attached hydrogens (primary N) is 1. The summed E-state index contributed by atoms with van der Waals surface area (Å²) in [5.41, 5.74) is 8.72. The molecule has 0 saturated heterocycles. The van der Waals surface area contributed by atoms with Gasteiger partial charge in [0, 0.05) is 7.05 Å². The van der Waals surface area contributed by atoms with Crippen molar-refractivity contribution < 1.29 is 4.79 Å². The zero-order valence-corrected chi connectivity index (χ0v) is 12.8. The Bertz CT molecular complexity index is 606. The number of hydrogen-bond acceptors (Lipinski definition) is 3. The quantitative estimate of drug-likeness (QED) is 0.887. The van der Waals surface area contributed by atoms with Gasteiger partial charge in [-0.2, -0.15) is 5.10 Å². The molecule has 0 fully saturated rings. The second kappa shape index (κ2) is 6.43. The summed E-state index contributed by atoms with van der Waals surface area (Å²) in [5, 5.41) is 6.96. The largest absolute Gasteiger partial charge is 0.395 e. The van der Waals surface area contributed by atoms with E-state index in [2.05, 4.69) is 17.1 Å². The van der Waals surface area contributed by atoms with Gasteiger partial charge in [0.2, 0.25) is 0 Å². The first kappa shape index (κ1) is 15.1. The fourth-order valence-corrected chi connectivity index (χ4v) is 2.29. The summed E-state index contributed by atoms with van der Waals surface area (Å²) < 4.78 is 0. The molecular formula is C16H22N4O. The van der Waals surface area contributed by atoms with E-state index >= 15 is 0 Å². The molecule has 5 heteroatoms. The Morgan fingerprint density at radius 2 is 2.05 bits per heavy atom. The molecule has 3 N–H and O–H groups in total. The van der Waals surface area contributed by atoms with Gasteiger partial charge in [-0.3, -0.25) is 9.89 Å². The topological polar surface area (TPSA) is 75.0 Å². The predicted octanol–water partition coefficient (Wildman–Crippen LogP) is 2.78. The van der Waals surface area contributed by atoms with E-state index in [4.69, 9.17) is 5.73 Å². The molecule has 21 heavy (non-hydrogen) atoms. The number of aromatic amines is 1. The second-order valence-corrected chi connectivity index (χ2v) is 5.22. The number of amides is 1. The number of hydrogen-bond donors (Lipinski definition) is 2. The standard InChI is InChI=1S/C16H22N4O/c1-4-8-13-14(17)15(19-18-13)16(21)20(3)11(2)12-9-6-5-7-10-12/h5-7,9-11H,4,8,17H2,1-3H3,(H,18,19).